The zero-order chi connectivity index (χ0) is 8.10. The van der Waals surface area contributed by atoms with Gasteiger partial charge >= 0.3 is 0 Å². The van der Waals surface area contributed by atoms with E-state index in [1.807, 2.05) is 0 Å². The van der Waals surface area contributed by atoms with Crippen molar-refractivity contribution in [1.29, 1.82) is 0 Å². The molecule has 0 unspecified atom stereocenters. The van der Waals surface area contributed by atoms with Crippen LogP contribution in [-0.4, -0.2) is 20.9 Å². The first-order valence-corrected chi connectivity index (χ1v) is 3.24. The fraction of sp³-hybridized carbons (Fsp3) is 0.333. The summed E-state index contributed by atoms with van der Waals surface area (Å²) < 4.78 is 0. The summed E-state index contributed by atoms with van der Waals surface area (Å²) in [5.74, 6) is 0.197. The fourth-order valence-corrected chi connectivity index (χ4v) is 0.517. The Bertz CT molecular complexity index is 236. The number of hydrogen-bond acceptors (Lipinski definition) is 4. The molecule has 0 aliphatic carbocycles. The van der Waals surface area contributed by atoms with Gasteiger partial charge in [-0.15, -0.1) is 0 Å². The Balaban J connectivity index is 2.58. The van der Waals surface area contributed by atoms with Crippen molar-refractivity contribution in [2.45, 2.75) is 13.3 Å². The van der Waals surface area contributed by atoms with Gasteiger partial charge in [-0.25, -0.2) is 15.0 Å². The number of nitrogens with zero attached hydrogens (tertiary/aromatic N) is 3. The number of hydrogen-bond donors (Lipinski definition) is 1. The number of carbonyl (C=O) groups excluding carboxylic acids is 1. The lowest BCUT2D eigenvalue weighted by molar-refractivity contribution is -0.115. The molecule has 0 radical (unpaired) electrons. The van der Waals surface area contributed by atoms with Crippen LogP contribution in [0.15, 0.2) is 12.7 Å². The van der Waals surface area contributed by atoms with Crippen LogP contribution in [0.25, 0.3) is 0 Å². The minimum Gasteiger partial charge on any atom is -0.294 e. The number of rotatable bonds is 2. The molecule has 0 saturated heterocycles. The normalized spacial score (nSPS) is 9.18. The van der Waals surface area contributed by atoms with Crippen molar-refractivity contribution in [1.82, 2.24) is 15.0 Å². The maximum absolute atomic E-state index is 10.8. The quantitative estimate of drug-likeness (QED) is 0.658. The van der Waals surface area contributed by atoms with E-state index in [-0.39, 0.29) is 5.91 Å². The molecule has 5 heteroatoms. The summed E-state index contributed by atoms with van der Waals surface area (Å²) in [5.41, 5.74) is 0. The topological polar surface area (TPSA) is 67.8 Å². The van der Waals surface area contributed by atoms with Crippen molar-refractivity contribution < 1.29 is 4.79 Å². The van der Waals surface area contributed by atoms with Crippen LogP contribution in [0.4, 0.5) is 5.95 Å². The third-order valence-corrected chi connectivity index (χ3v) is 1.07. The Morgan fingerprint density at radius 1 is 1.55 bits per heavy atom. The van der Waals surface area contributed by atoms with E-state index in [0.717, 1.165) is 0 Å². The highest BCUT2D eigenvalue weighted by Gasteiger charge is 1.98. The molecule has 0 aromatic carbocycles. The lowest BCUT2D eigenvalue weighted by Gasteiger charge is -1.97. The van der Waals surface area contributed by atoms with Crippen LogP contribution in [0, 0.1) is 0 Å². The van der Waals surface area contributed by atoms with Gasteiger partial charge in [-0.05, 0) is 0 Å². The first-order chi connectivity index (χ1) is 5.33. The zero-order valence-electron chi connectivity index (χ0n) is 6.11. The Hall–Kier alpha value is -1.52. The Morgan fingerprint density at radius 3 is 2.73 bits per heavy atom. The minimum atomic E-state index is -0.101. The Kier molecular flexibility index (Phi) is 2.48. The van der Waals surface area contributed by atoms with Crippen LogP contribution in [0.5, 0.6) is 0 Å². The predicted molar refractivity (Wildman–Crippen MR) is 38.7 cm³/mol. The molecule has 1 heterocycles. The van der Waals surface area contributed by atoms with Crippen LogP contribution in [0.2, 0.25) is 0 Å². The molecule has 0 bridgehead atoms. The summed E-state index contributed by atoms with van der Waals surface area (Å²) in [6, 6.07) is 0. The maximum Gasteiger partial charge on any atom is 0.232 e. The van der Waals surface area contributed by atoms with Crippen molar-refractivity contribution >= 4 is 11.9 Å². The maximum atomic E-state index is 10.8. The predicted octanol–water partition coefficient (Wildman–Crippen LogP) is 0.220. The molecule has 1 aromatic heterocycles. The number of anilines is 1. The first-order valence-electron chi connectivity index (χ1n) is 3.24. The van der Waals surface area contributed by atoms with Crippen molar-refractivity contribution in [3.63, 3.8) is 0 Å². The lowest BCUT2D eigenvalue weighted by atomic mass is 10.5. The highest BCUT2D eigenvalue weighted by Crippen LogP contribution is 1.92. The number of carbonyl (C=O) groups is 1. The van der Waals surface area contributed by atoms with E-state index in [4.69, 9.17) is 0 Å². The molecule has 1 amide bonds. The van der Waals surface area contributed by atoms with Gasteiger partial charge in [0, 0.05) is 6.42 Å². The molecular weight excluding hydrogens is 144 g/mol. The standard InChI is InChI=1S/C6H8N4O/c1-2-5(11)10-6-8-3-7-4-9-6/h3-4H,2H2,1H3,(H,7,8,9,10,11). The van der Waals surface area contributed by atoms with Crippen molar-refractivity contribution in [2.24, 2.45) is 0 Å². The summed E-state index contributed by atoms with van der Waals surface area (Å²) in [4.78, 5) is 21.8. The lowest BCUT2D eigenvalue weighted by Crippen LogP contribution is -2.11. The average molecular weight is 152 g/mol. The van der Waals surface area contributed by atoms with E-state index in [0.29, 0.717) is 12.4 Å². The van der Waals surface area contributed by atoms with E-state index in [2.05, 4.69) is 20.3 Å². The van der Waals surface area contributed by atoms with Gasteiger partial charge in [-0.3, -0.25) is 10.1 Å². The van der Waals surface area contributed by atoms with Crippen LogP contribution in [0.1, 0.15) is 13.3 Å². The third-order valence-electron chi connectivity index (χ3n) is 1.07. The number of nitrogens with one attached hydrogen (secondary N) is 1. The average Bonchev–Trinajstić information content (AvgIpc) is 2.06. The molecule has 1 aromatic rings. The highest BCUT2D eigenvalue weighted by atomic mass is 16.1. The summed E-state index contributed by atoms with van der Waals surface area (Å²) in [6.07, 6.45) is 3.09. The van der Waals surface area contributed by atoms with E-state index in [1.165, 1.54) is 12.7 Å². The number of aromatic nitrogens is 3. The van der Waals surface area contributed by atoms with Crippen LogP contribution in [0.3, 0.4) is 0 Å². The molecule has 0 aliphatic heterocycles. The summed E-state index contributed by atoms with van der Waals surface area (Å²) in [6.45, 7) is 1.76. The Labute approximate surface area is 63.9 Å². The second-order valence-corrected chi connectivity index (χ2v) is 1.86. The molecule has 1 N–H and O–H groups in total. The molecule has 0 atom stereocenters. The minimum absolute atomic E-state index is 0.101. The van der Waals surface area contributed by atoms with Crippen LogP contribution >= 0.6 is 0 Å². The number of amides is 1. The molecule has 0 aliphatic rings. The SMILES string of the molecule is CCC(=O)Nc1ncncn1. The summed E-state index contributed by atoms with van der Waals surface area (Å²) >= 11 is 0. The second-order valence-electron chi connectivity index (χ2n) is 1.86. The van der Waals surface area contributed by atoms with E-state index >= 15 is 0 Å². The van der Waals surface area contributed by atoms with Gasteiger partial charge in [0.25, 0.3) is 0 Å². The zero-order valence-corrected chi connectivity index (χ0v) is 6.11. The monoisotopic (exact) mass is 152 g/mol. The summed E-state index contributed by atoms with van der Waals surface area (Å²) in [7, 11) is 0. The van der Waals surface area contributed by atoms with E-state index in [9.17, 15) is 4.79 Å². The molecule has 58 valence electrons. The van der Waals surface area contributed by atoms with Crippen LogP contribution < -0.4 is 5.32 Å². The molecule has 5 nitrogen and oxygen atoms in total. The first kappa shape index (κ1) is 7.59. The van der Waals surface area contributed by atoms with Crippen LogP contribution in [-0.2, 0) is 4.79 Å². The van der Waals surface area contributed by atoms with Gasteiger partial charge in [0.15, 0.2) is 0 Å². The van der Waals surface area contributed by atoms with Gasteiger partial charge in [0.05, 0.1) is 0 Å². The van der Waals surface area contributed by atoms with Crippen molar-refractivity contribution in [3.8, 4) is 0 Å². The highest BCUT2D eigenvalue weighted by molar-refractivity contribution is 5.88. The molecule has 0 fully saturated rings. The second kappa shape index (κ2) is 3.60. The van der Waals surface area contributed by atoms with E-state index < -0.39 is 0 Å². The van der Waals surface area contributed by atoms with Crippen molar-refractivity contribution in [3.05, 3.63) is 12.7 Å². The van der Waals surface area contributed by atoms with Gasteiger partial charge in [0.2, 0.25) is 11.9 Å². The van der Waals surface area contributed by atoms with Gasteiger partial charge in [-0.1, -0.05) is 6.92 Å². The molecule has 0 saturated carbocycles. The Morgan fingerprint density at radius 2 is 2.18 bits per heavy atom. The largest absolute Gasteiger partial charge is 0.294 e. The van der Waals surface area contributed by atoms with Crippen molar-refractivity contribution in [2.75, 3.05) is 5.32 Å². The fourth-order valence-electron chi connectivity index (χ4n) is 0.517. The smallest absolute Gasteiger partial charge is 0.232 e. The summed E-state index contributed by atoms with van der Waals surface area (Å²) in [5, 5.41) is 2.49. The van der Waals surface area contributed by atoms with Gasteiger partial charge < -0.3 is 0 Å². The molecular formula is C6H8N4O. The van der Waals surface area contributed by atoms with Gasteiger partial charge in [-0.2, -0.15) is 0 Å². The molecule has 1 rings (SSSR count). The molecule has 11 heavy (non-hydrogen) atoms. The third kappa shape index (κ3) is 2.29. The van der Waals surface area contributed by atoms with Gasteiger partial charge in [0.1, 0.15) is 12.7 Å². The molecule has 0 spiro atoms. The van der Waals surface area contributed by atoms with E-state index in [1.54, 1.807) is 6.92 Å².